The van der Waals surface area contributed by atoms with Gasteiger partial charge in [0.2, 0.25) is 0 Å². The lowest BCUT2D eigenvalue weighted by Crippen LogP contribution is -2.42. The third kappa shape index (κ3) is 4.78. The van der Waals surface area contributed by atoms with Crippen molar-refractivity contribution in [3.63, 3.8) is 0 Å². The number of phenolic OH excluding ortho intramolecular Hbond substituents is 4. The molecule has 49 heavy (non-hydrogen) atoms. The van der Waals surface area contributed by atoms with Crippen LogP contribution in [0, 0.1) is 19.3 Å². The van der Waals surface area contributed by atoms with E-state index in [0.717, 1.165) is 45.4 Å². The van der Waals surface area contributed by atoms with Gasteiger partial charge in [-0.25, -0.2) is 0 Å². The molecule has 0 unspecified atom stereocenters. The van der Waals surface area contributed by atoms with Gasteiger partial charge >= 0.3 is 0 Å². The van der Waals surface area contributed by atoms with Crippen molar-refractivity contribution < 1.29 is 44.1 Å². The number of epoxide rings is 1. The smallest absolute Gasteiger partial charge is 0.160 e. The number of aromatic hydroxyl groups is 4. The maximum Gasteiger partial charge on any atom is 0.160 e. The Morgan fingerprint density at radius 1 is 0.612 bits per heavy atom. The normalized spacial score (nSPS) is 28.7. The number of hydrogen-bond donors (Lipinski definition) is 4. The van der Waals surface area contributed by atoms with Crippen LogP contribution in [0.4, 0.5) is 0 Å². The molecular weight excluding hydrogens is 624 g/mol. The molecule has 0 amide bonds. The minimum absolute atomic E-state index is 0.0326. The summed E-state index contributed by atoms with van der Waals surface area (Å²) in [5, 5.41) is 42.1. The van der Waals surface area contributed by atoms with E-state index >= 15 is 0 Å². The minimum atomic E-state index is -0.667. The van der Waals surface area contributed by atoms with Crippen LogP contribution >= 0.6 is 0 Å². The fourth-order valence-electron chi connectivity index (χ4n) is 8.60. The van der Waals surface area contributed by atoms with Crippen LogP contribution in [0.1, 0.15) is 77.1 Å². The Hall–Kier alpha value is -4.70. The van der Waals surface area contributed by atoms with Gasteiger partial charge in [-0.3, -0.25) is 0 Å². The van der Waals surface area contributed by atoms with E-state index in [-0.39, 0.29) is 29.1 Å². The average Bonchev–Trinajstić information content (AvgIpc) is 3.76. The molecule has 3 aliphatic heterocycles. The van der Waals surface area contributed by atoms with Crippen molar-refractivity contribution in [1.82, 2.24) is 0 Å². The number of rotatable bonds is 6. The Labute approximate surface area is 284 Å². The van der Waals surface area contributed by atoms with Gasteiger partial charge in [-0.05, 0) is 126 Å². The summed E-state index contributed by atoms with van der Waals surface area (Å²) < 4.78 is 31.5. The SMILES string of the molecule is COc1ccc([C@@H]2O[C@H](c3ccc(O)c(C)c3)[C@@]3(CO3)[C@@]23CCC2=C(C3)[C@@H](c3ccc(O)c(OC)c3)O[C@H]2c2ccc(O)c(C)c2)cc1O. The van der Waals surface area contributed by atoms with Gasteiger partial charge < -0.3 is 44.1 Å². The molecule has 254 valence electrons. The molecule has 9 heteroatoms. The van der Waals surface area contributed by atoms with Gasteiger partial charge in [-0.1, -0.05) is 24.3 Å². The van der Waals surface area contributed by atoms with Crippen molar-refractivity contribution in [2.75, 3.05) is 20.8 Å². The number of benzene rings is 4. The highest BCUT2D eigenvalue weighted by Crippen LogP contribution is 2.73. The first-order valence-corrected chi connectivity index (χ1v) is 16.6. The number of fused-ring (bicyclic) bond motifs is 1. The van der Waals surface area contributed by atoms with Crippen LogP contribution in [-0.2, 0) is 14.2 Å². The zero-order valence-electron chi connectivity index (χ0n) is 27.9. The molecule has 8 rings (SSSR count). The molecule has 0 saturated carbocycles. The Morgan fingerprint density at radius 3 is 1.82 bits per heavy atom. The second-order valence-corrected chi connectivity index (χ2v) is 13.8. The molecule has 6 atom stereocenters. The van der Waals surface area contributed by atoms with Gasteiger partial charge in [0.1, 0.15) is 35.4 Å². The number of aryl methyl sites for hydroxylation is 2. The summed E-state index contributed by atoms with van der Waals surface area (Å²) in [6.07, 6.45) is 0.373. The molecule has 4 aromatic rings. The van der Waals surface area contributed by atoms with Crippen LogP contribution in [0.15, 0.2) is 83.9 Å². The predicted molar refractivity (Wildman–Crippen MR) is 180 cm³/mol. The first kappa shape index (κ1) is 31.6. The quantitative estimate of drug-likeness (QED) is 0.121. The van der Waals surface area contributed by atoms with Crippen molar-refractivity contribution in [1.29, 1.82) is 0 Å². The van der Waals surface area contributed by atoms with E-state index in [1.807, 2.05) is 56.3 Å². The molecule has 9 nitrogen and oxygen atoms in total. The Bertz CT molecular complexity index is 2000. The van der Waals surface area contributed by atoms with Crippen molar-refractivity contribution in [2.45, 2.75) is 63.1 Å². The van der Waals surface area contributed by atoms with Gasteiger partial charge in [0.15, 0.2) is 23.0 Å². The fourth-order valence-corrected chi connectivity index (χ4v) is 8.60. The second kappa shape index (κ2) is 11.4. The molecule has 3 heterocycles. The van der Waals surface area contributed by atoms with Crippen LogP contribution < -0.4 is 9.47 Å². The van der Waals surface area contributed by atoms with Gasteiger partial charge in [-0.15, -0.1) is 0 Å². The maximum atomic E-state index is 10.9. The molecule has 4 aromatic carbocycles. The van der Waals surface area contributed by atoms with Gasteiger partial charge in [0, 0.05) is 5.41 Å². The van der Waals surface area contributed by atoms with E-state index in [9.17, 15) is 20.4 Å². The first-order valence-electron chi connectivity index (χ1n) is 16.6. The number of ether oxygens (including phenoxy) is 5. The summed E-state index contributed by atoms with van der Waals surface area (Å²) in [4.78, 5) is 0. The average molecular weight is 665 g/mol. The molecular formula is C40H40O9. The summed E-state index contributed by atoms with van der Waals surface area (Å²) in [6, 6.07) is 21.9. The summed E-state index contributed by atoms with van der Waals surface area (Å²) in [5.41, 5.74) is 6.17. The largest absolute Gasteiger partial charge is 0.508 e. The fraction of sp³-hybridized carbons (Fsp3) is 0.350. The van der Waals surface area contributed by atoms with Gasteiger partial charge in [0.25, 0.3) is 0 Å². The van der Waals surface area contributed by atoms with Gasteiger partial charge in [0.05, 0.1) is 26.9 Å². The van der Waals surface area contributed by atoms with Crippen molar-refractivity contribution in [2.24, 2.45) is 5.41 Å². The van der Waals surface area contributed by atoms with Crippen LogP contribution in [0.2, 0.25) is 0 Å². The zero-order valence-corrected chi connectivity index (χ0v) is 27.9. The third-order valence-electron chi connectivity index (χ3n) is 11.2. The highest BCUT2D eigenvalue weighted by atomic mass is 16.6. The van der Waals surface area contributed by atoms with E-state index in [1.54, 1.807) is 30.3 Å². The number of methoxy groups -OCH3 is 2. The first-order chi connectivity index (χ1) is 23.6. The summed E-state index contributed by atoms with van der Waals surface area (Å²) in [6.45, 7) is 4.25. The van der Waals surface area contributed by atoms with Crippen LogP contribution in [0.5, 0.6) is 34.5 Å². The number of hydrogen-bond acceptors (Lipinski definition) is 9. The number of phenols is 4. The van der Waals surface area contributed by atoms with Crippen molar-refractivity contribution in [3.8, 4) is 34.5 Å². The van der Waals surface area contributed by atoms with E-state index in [0.29, 0.717) is 30.9 Å². The van der Waals surface area contributed by atoms with Crippen molar-refractivity contribution >= 4 is 0 Å². The van der Waals surface area contributed by atoms with Crippen molar-refractivity contribution in [3.05, 3.63) is 117 Å². The van der Waals surface area contributed by atoms with Gasteiger partial charge in [-0.2, -0.15) is 0 Å². The lowest BCUT2D eigenvalue weighted by molar-refractivity contribution is 0.00315. The third-order valence-corrected chi connectivity index (χ3v) is 11.2. The summed E-state index contributed by atoms with van der Waals surface area (Å²) >= 11 is 0. The topological polar surface area (TPSA) is 130 Å². The van der Waals surface area contributed by atoms with Crippen LogP contribution in [0.25, 0.3) is 0 Å². The van der Waals surface area contributed by atoms with E-state index < -0.39 is 29.3 Å². The Morgan fingerprint density at radius 2 is 1.18 bits per heavy atom. The van der Waals surface area contributed by atoms with E-state index in [2.05, 4.69) is 0 Å². The van der Waals surface area contributed by atoms with Crippen LogP contribution in [0.3, 0.4) is 0 Å². The molecule has 0 aromatic heterocycles. The molecule has 2 spiro atoms. The summed E-state index contributed by atoms with van der Waals surface area (Å²) in [5.74, 6) is 1.27. The molecule has 1 aliphatic carbocycles. The molecule has 2 saturated heterocycles. The lowest BCUT2D eigenvalue weighted by atomic mass is 9.59. The zero-order chi connectivity index (χ0) is 34.2. The highest BCUT2D eigenvalue weighted by molar-refractivity contribution is 5.51. The summed E-state index contributed by atoms with van der Waals surface area (Å²) in [7, 11) is 3.05. The molecule has 0 radical (unpaired) electrons. The second-order valence-electron chi connectivity index (χ2n) is 13.8. The minimum Gasteiger partial charge on any atom is -0.508 e. The molecule has 0 bridgehead atoms. The molecule has 4 N–H and O–H groups in total. The highest BCUT2D eigenvalue weighted by Gasteiger charge is 2.75. The Balaban J connectivity index is 1.29. The predicted octanol–water partition coefficient (Wildman–Crippen LogP) is 7.70. The standard InChI is InChI=1S/C40H40O9/c1-21-15-23(5-9-29(21)41)35-27-13-14-39(19-28(27)36(48-35)24-6-11-31(43)34(18-24)46-4)37(26-8-12-33(45-3)32(44)17-26)49-38(40(39)20-47-40)25-7-10-30(42)22(2)16-25/h5-12,15-18,35-38,41-44H,13-14,19-20H2,1-4H3/t35-,36+,37-,38+,39+,40-/m0/s1. The van der Waals surface area contributed by atoms with E-state index in [1.165, 1.54) is 19.8 Å². The molecule has 4 aliphatic rings. The lowest BCUT2D eigenvalue weighted by Gasteiger charge is -2.42. The van der Waals surface area contributed by atoms with E-state index in [4.69, 9.17) is 23.7 Å². The molecule has 2 fully saturated rings. The Kier molecular flexibility index (Phi) is 7.37. The monoisotopic (exact) mass is 664 g/mol. The van der Waals surface area contributed by atoms with Crippen LogP contribution in [-0.4, -0.2) is 46.9 Å². The maximum absolute atomic E-state index is 10.9.